The van der Waals surface area contributed by atoms with Crippen molar-refractivity contribution in [2.24, 2.45) is 11.7 Å². The predicted molar refractivity (Wildman–Crippen MR) is 72.2 cm³/mol. The lowest BCUT2D eigenvalue weighted by Crippen LogP contribution is -2.47. The summed E-state index contributed by atoms with van der Waals surface area (Å²) < 4.78 is 0. The van der Waals surface area contributed by atoms with Crippen LogP contribution in [0.15, 0.2) is 12.4 Å². The predicted octanol–water partition coefficient (Wildman–Crippen LogP) is 2.09. The molecular formula is C14H22N4. The number of rotatable bonds is 2. The number of nitrogens with two attached hydrogens (primary N) is 1. The first-order valence-corrected chi connectivity index (χ1v) is 7.16. The van der Waals surface area contributed by atoms with E-state index in [1.807, 2.05) is 12.4 Å². The Labute approximate surface area is 109 Å². The van der Waals surface area contributed by atoms with E-state index < -0.39 is 0 Å². The molecule has 98 valence electrons. The summed E-state index contributed by atoms with van der Waals surface area (Å²) in [5, 5.41) is 0. The summed E-state index contributed by atoms with van der Waals surface area (Å²) in [4.78, 5) is 11.4. The molecule has 2 atom stereocenters. The van der Waals surface area contributed by atoms with Crippen molar-refractivity contribution in [1.29, 1.82) is 0 Å². The van der Waals surface area contributed by atoms with Crippen molar-refractivity contribution >= 4 is 5.82 Å². The molecule has 2 N–H and O–H groups in total. The minimum Gasteiger partial charge on any atom is -0.352 e. The van der Waals surface area contributed by atoms with E-state index in [0.29, 0.717) is 12.6 Å². The van der Waals surface area contributed by atoms with Crippen LogP contribution in [0, 0.1) is 5.92 Å². The smallest absolute Gasteiger partial charge is 0.147 e. The average molecular weight is 246 g/mol. The topological polar surface area (TPSA) is 55.0 Å². The van der Waals surface area contributed by atoms with Crippen LogP contribution in [0.2, 0.25) is 0 Å². The monoisotopic (exact) mass is 246 g/mol. The minimum absolute atomic E-state index is 0.472. The molecule has 1 saturated heterocycles. The first-order valence-electron chi connectivity index (χ1n) is 7.16. The van der Waals surface area contributed by atoms with Gasteiger partial charge in [0.25, 0.3) is 0 Å². The Morgan fingerprint density at radius 1 is 1.11 bits per heavy atom. The van der Waals surface area contributed by atoms with Crippen molar-refractivity contribution in [2.45, 2.75) is 51.1 Å². The van der Waals surface area contributed by atoms with Crippen LogP contribution in [0.3, 0.4) is 0 Å². The average Bonchev–Trinajstić information content (AvgIpc) is 2.47. The summed E-state index contributed by atoms with van der Waals surface area (Å²) in [7, 11) is 0. The second-order valence-electron chi connectivity index (χ2n) is 5.52. The van der Waals surface area contributed by atoms with Gasteiger partial charge >= 0.3 is 0 Å². The van der Waals surface area contributed by atoms with Crippen molar-refractivity contribution < 1.29 is 0 Å². The molecule has 1 aromatic rings. The SMILES string of the molecule is NCc1cnc(N2CCC[C@H]3CCCC[C@H]32)cn1. The number of fused-ring (bicyclic) bond motifs is 1. The maximum atomic E-state index is 5.57. The van der Waals surface area contributed by atoms with E-state index in [9.17, 15) is 0 Å². The third-order valence-electron chi connectivity index (χ3n) is 4.44. The van der Waals surface area contributed by atoms with Gasteiger partial charge in [0.05, 0.1) is 18.1 Å². The number of hydrogen-bond acceptors (Lipinski definition) is 4. The molecule has 0 radical (unpaired) electrons. The fourth-order valence-electron chi connectivity index (χ4n) is 3.51. The third kappa shape index (κ3) is 2.21. The zero-order valence-electron chi connectivity index (χ0n) is 10.9. The molecule has 4 nitrogen and oxygen atoms in total. The standard InChI is InChI=1S/C14H22N4/c15-8-12-9-17-14(10-16-12)18-7-3-5-11-4-1-2-6-13(11)18/h9-11,13H,1-8,15H2/t11-,13-/m1/s1. The zero-order valence-corrected chi connectivity index (χ0v) is 10.9. The molecule has 2 heterocycles. The summed E-state index contributed by atoms with van der Waals surface area (Å²) in [5.41, 5.74) is 6.44. The number of piperidine rings is 1. The Morgan fingerprint density at radius 3 is 2.72 bits per heavy atom. The lowest BCUT2D eigenvalue weighted by atomic mass is 9.78. The quantitative estimate of drug-likeness (QED) is 0.868. The van der Waals surface area contributed by atoms with Crippen LogP contribution >= 0.6 is 0 Å². The van der Waals surface area contributed by atoms with Gasteiger partial charge in [0.1, 0.15) is 5.82 Å². The van der Waals surface area contributed by atoms with E-state index in [4.69, 9.17) is 5.73 Å². The van der Waals surface area contributed by atoms with Crippen molar-refractivity contribution in [1.82, 2.24) is 9.97 Å². The lowest BCUT2D eigenvalue weighted by molar-refractivity contribution is 0.242. The van der Waals surface area contributed by atoms with Gasteiger partial charge in [-0.15, -0.1) is 0 Å². The highest BCUT2D eigenvalue weighted by Crippen LogP contribution is 2.36. The molecule has 3 rings (SSSR count). The third-order valence-corrected chi connectivity index (χ3v) is 4.44. The molecule has 0 aromatic carbocycles. The Balaban J connectivity index is 1.80. The van der Waals surface area contributed by atoms with Gasteiger partial charge in [-0.25, -0.2) is 4.98 Å². The molecule has 18 heavy (non-hydrogen) atoms. The highest BCUT2D eigenvalue weighted by atomic mass is 15.2. The van der Waals surface area contributed by atoms with E-state index >= 15 is 0 Å². The zero-order chi connectivity index (χ0) is 12.4. The first-order chi connectivity index (χ1) is 8.88. The lowest BCUT2D eigenvalue weighted by Gasteiger charge is -2.44. The largest absolute Gasteiger partial charge is 0.352 e. The molecular weight excluding hydrogens is 224 g/mol. The Morgan fingerprint density at radius 2 is 1.94 bits per heavy atom. The van der Waals surface area contributed by atoms with E-state index in [-0.39, 0.29) is 0 Å². The fourth-order valence-corrected chi connectivity index (χ4v) is 3.51. The highest BCUT2D eigenvalue weighted by molar-refractivity contribution is 5.38. The van der Waals surface area contributed by atoms with Crippen LogP contribution in [0.1, 0.15) is 44.2 Å². The van der Waals surface area contributed by atoms with Crippen molar-refractivity contribution in [3.63, 3.8) is 0 Å². The summed E-state index contributed by atoms with van der Waals surface area (Å²) >= 11 is 0. The van der Waals surface area contributed by atoms with E-state index in [0.717, 1.165) is 24.0 Å². The van der Waals surface area contributed by atoms with Gasteiger partial charge in [0, 0.05) is 19.1 Å². The summed E-state index contributed by atoms with van der Waals surface area (Å²) in [6.07, 6.45) is 11.9. The molecule has 1 aromatic heterocycles. The van der Waals surface area contributed by atoms with Gasteiger partial charge < -0.3 is 10.6 Å². The van der Waals surface area contributed by atoms with Gasteiger partial charge in [0.15, 0.2) is 0 Å². The number of hydrogen-bond donors (Lipinski definition) is 1. The molecule has 1 saturated carbocycles. The van der Waals surface area contributed by atoms with Crippen LogP contribution < -0.4 is 10.6 Å². The second-order valence-corrected chi connectivity index (χ2v) is 5.52. The minimum atomic E-state index is 0.472. The van der Waals surface area contributed by atoms with Gasteiger partial charge in [-0.2, -0.15) is 0 Å². The van der Waals surface area contributed by atoms with Crippen LogP contribution in [0.4, 0.5) is 5.82 Å². The second kappa shape index (κ2) is 5.22. The summed E-state index contributed by atoms with van der Waals surface area (Å²) in [6, 6.07) is 0.700. The van der Waals surface area contributed by atoms with Crippen molar-refractivity contribution in [2.75, 3.05) is 11.4 Å². The van der Waals surface area contributed by atoms with Gasteiger partial charge in [-0.3, -0.25) is 4.98 Å². The normalized spacial score (nSPS) is 27.9. The van der Waals surface area contributed by atoms with Gasteiger partial charge in [-0.1, -0.05) is 12.8 Å². The van der Waals surface area contributed by atoms with E-state index in [1.54, 1.807) is 0 Å². The van der Waals surface area contributed by atoms with Crippen LogP contribution in [-0.2, 0) is 6.54 Å². The highest BCUT2D eigenvalue weighted by Gasteiger charge is 2.33. The molecule has 4 heteroatoms. The maximum Gasteiger partial charge on any atom is 0.147 e. The molecule has 0 spiro atoms. The summed E-state index contributed by atoms with van der Waals surface area (Å²) in [6.45, 7) is 1.61. The molecule has 0 bridgehead atoms. The van der Waals surface area contributed by atoms with Gasteiger partial charge in [-0.05, 0) is 31.6 Å². The number of nitrogens with zero attached hydrogens (tertiary/aromatic N) is 3. The fraction of sp³-hybridized carbons (Fsp3) is 0.714. The van der Waals surface area contributed by atoms with E-state index in [1.165, 1.54) is 38.5 Å². The Kier molecular flexibility index (Phi) is 3.46. The molecule has 0 amide bonds. The van der Waals surface area contributed by atoms with Crippen molar-refractivity contribution in [3.05, 3.63) is 18.1 Å². The Bertz CT molecular complexity index is 387. The number of aromatic nitrogens is 2. The summed E-state index contributed by atoms with van der Waals surface area (Å²) in [5.74, 6) is 1.92. The van der Waals surface area contributed by atoms with Crippen molar-refractivity contribution in [3.8, 4) is 0 Å². The number of anilines is 1. The van der Waals surface area contributed by atoms with Crippen LogP contribution in [-0.4, -0.2) is 22.6 Å². The Hall–Kier alpha value is -1.16. The maximum absolute atomic E-state index is 5.57. The van der Waals surface area contributed by atoms with Gasteiger partial charge in [0.2, 0.25) is 0 Å². The first kappa shape index (κ1) is 11.9. The van der Waals surface area contributed by atoms with Crippen LogP contribution in [0.25, 0.3) is 0 Å². The molecule has 1 aliphatic carbocycles. The molecule has 2 fully saturated rings. The molecule has 0 unspecified atom stereocenters. The van der Waals surface area contributed by atoms with Crippen LogP contribution in [0.5, 0.6) is 0 Å². The molecule has 1 aliphatic heterocycles. The van der Waals surface area contributed by atoms with E-state index in [2.05, 4.69) is 14.9 Å². The molecule has 2 aliphatic rings.